The molecule has 0 spiro atoms. The second-order valence-electron chi connectivity index (χ2n) is 6.23. The fraction of sp³-hybridized carbons (Fsp3) is 0.389. The van der Waals surface area contributed by atoms with Crippen molar-refractivity contribution in [3.8, 4) is 0 Å². The van der Waals surface area contributed by atoms with Crippen LogP contribution >= 0.6 is 23.7 Å². The predicted molar refractivity (Wildman–Crippen MR) is 104 cm³/mol. The number of hydrogen-bond acceptors (Lipinski definition) is 6. The second-order valence-corrected chi connectivity index (χ2v) is 7.31. The van der Waals surface area contributed by atoms with Gasteiger partial charge >= 0.3 is 5.97 Å². The molecular formula is C18H22ClN3O3S. The molecule has 1 aliphatic heterocycles. The first-order chi connectivity index (χ1) is 12.0. The van der Waals surface area contributed by atoms with Crippen LogP contribution < -0.4 is 5.32 Å². The van der Waals surface area contributed by atoms with Crippen molar-refractivity contribution < 1.29 is 14.3 Å². The molecular weight excluding hydrogens is 374 g/mol. The lowest BCUT2D eigenvalue weighted by molar-refractivity contribution is 0.0600. The maximum Gasteiger partial charge on any atom is 0.337 e. The van der Waals surface area contributed by atoms with Crippen LogP contribution in [0.1, 0.15) is 45.1 Å². The minimum Gasteiger partial charge on any atom is -0.465 e. The van der Waals surface area contributed by atoms with Crippen molar-refractivity contribution in [3.63, 3.8) is 0 Å². The second kappa shape index (κ2) is 8.62. The number of nitrogens with zero attached hydrogens (tertiary/aromatic N) is 2. The number of carbonyl (C=O) groups is 2. The van der Waals surface area contributed by atoms with Gasteiger partial charge in [0, 0.05) is 36.0 Å². The lowest BCUT2D eigenvalue weighted by Crippen LogP contribution is -2.35. The molecule has 0 unspecified atom stereocenters. The molecule has 1 N–H and O–H groups in total. The van der Waals surface area contributed by atoms with Gasteiger partial charge in [-0.15, -0.1) is 23.7 Å². The van der Waals surface area contributed by atoms with Gasteiger partial charge in [0.1, 0.15) is 0 Å². The van der Waals surface area contributed by atoms with Gasteiger partial charge in [-0.25, -0.2) is 9.78 Å². The Morgan fingerprint density at radius 2 is 1.88 bits per heavy atom. The van der Waals surface area contributed by atoms with E-state index in [0.717, 1.165) is 25.2 Å². The molecule has 0 radical (unpaired) electrons. The fourth-order valence-corrected chi connectivity index (χ4v) is 3.78. The Morgan fingerprint density at radius 1 is 1.23 bits per heavy atom. The van der Waals surface area contributed by atoms with E-state index in [1.54, 1.807) is 24.3 Å². The monoisotopic (exact) mass is 395 g/mol. The number of ether oxygens (including phenoxy) is 1. The van der Waals surface area contributed by atoms with Gasteiger partial charge in [0.05, 0.1) is 18.4 Å². The van der Waals surface area contributed by atoms with Crippen LogP contribution in [0.4, 0.5) is 5.13 Å². The minimum atomic E-state index is -0.422. The summed E-state index contributed by atoms with van der Waals surface area (Å²) in [6, 6.07) is 6.87. The van der Waals surface area contributed by atoms with Crippen LogP contribution in [-0.4, -0.2) is 41.5 Å². The van der Waals surface area contributed by atoms with Crippen LogP contribution in [0.2, 0.25) is 0 Å². The van der Waals surface area contributed by atoms with Crippen molar-refractivity contribution in [2.24, 2.45) is 0 Å². The van der Waals surface area contributed by atoms with Crippen molar-refractivity contribution >= 4 is 40.8 Å². The summed E-state index contributed by atoms with van der Waals surface area (Å²) in [6.45, 7) is 6.25. The summed E-state index contributed by atoms with van der Waals surface area (Å²) in [5.74, 6) is -0.655. The Labute approximate surface area is 163 Å². The number of esters is 1. The summed E-state index contributed by atoms with van der Waals surface area (Å²) >= 11 is 1.53. The molecule has 2 aromatic rings. The van der Waals surface area contributed by atoms with Gasteiger partial charge in [-0.3, -0.25) is 15.0 Å². The number of rotatable bonds is 4. The molecule has 1 aromatic heterocycles. The van der Waals surface area contributed by atoms with Crippen LogP contribution in [-0.2, 0) is 17.7 Å². The molecule has 0 saturated heterocycles. The van der Waals surface area contributed by atoms with Gasteiger partial charge in [-0.05, 0) is 38.1 Å². The summed E-state index contributed by atoms with van der Waals surface area (Å²) in [5.41, 5.74) is 1.97. The lowest BCUT2D eigenvalue weighted by atomic mass is 10.1. The number of nitrogens with one attached hydrogen (secondary N) is 1. The molecule has 0 fully saturated rings. The summed E-state index contributed by atoms with van der Waals surface area (Å²) in [4.78, 5) is 32.0. The lowest BCUT2D eigenvalue weighted by Gasteiger charge is -2.29. The SMILES string of the molecule is COC(=O)c1ccc(C(=O)Nc2nc3c(s2)CN(C(C)C)CC3)cc1.Cl. The van der Waals surface area contributed by atoms with Crippen molar-refractivity contribution in [3.05, 3.63) is 46.0 Å². The number of amides is 1. The number of thiazole rings is 1. The molecule has 1 aromatic carbocycles. The van der Waals surface area contributed by atoms with E-state index in [2.05, 4.69) is 33.8 Å². The summed E-state index contributed by atoms with van der Waals surface area (Å²) in [7, 11) is 1.33. The topological polar surface area (TPSA) is 71.5 Å². The standard InChI is InChI=1S/C18H21N3O3S.ClH/c1-11(2)21-9-8-14-15(10-21)25-18(19-14)20-16(22)12-4-6-13(7-5-12)17(23)24-3;/h4-7,11H,8-10H2,1-3H3,(H,19,20,22);1H. The molecule has 3 rings (SSSR count). The molecule has 140 valence electrons. The predicted octanol–water partition coefficient (Wildman–Crippen LogP) is 3.37. The number of aromatic nitrogens is 1. The van der Waals surface area contributed by atoms with E-state index in [-0.39, 0.29) is 18.3 Å². The Balaban J connectivity index is 0.00000243. The van der Waals surface area contributed by atoms with Crippen molar-refractivity contribution in [1.82, 2.24) is 9.88 Å². The first kappa shape index (κ1) is 20.4. The Morgan fingerprint density at radius 3 is 2.50 bits per heavy atom. The van der Waals surface area contributed by atoms with Crippen LogP contribution in [0.5, 0.6) is 0 Å². The zero-order chi connectivity index (χ0) is 18.0. The maximum absolute atomic E-state index is 12.4. The van der Waals surface area contributed by atoms with Crippen molar-refractivity contribution in [2.45, 2.75) is 32.9 Å². The molecule has 0 aliphatic carbocycles. The van der Waals surface area contributed by atoms with Gasteiger partial charge in [0.15, 0.2) is 5.13 Å². The summed E-state index contributed by atoms with van der Waals surface area (Å²) in [6.07, 6.45) is 0.910. The summed E-state index contributed by atoms with van der Waals surface area (Å²) in [5, 5.41) is 3.48. The van der Waals surface area contributed by atoms with E-state index < -0.39 is 5.97 Å². The molecule has 0 saturated carbocycles. The molecule has 26 heavy (non-hydrogen) atoms. The van der Waals surface area contributed by atoms with Crippen LogP contribution in [0.15, 0.2) is 24.3 Å². The van der Waals surface area contributed by atoms with Crippen molar-refractivity contribution in [1.29, 1.82) is 0 Å². The number of hydrogen-bond donors (Lipinski definition) is 1. The van der Waals surface area contributed by atoms with Gasteiger partial charge in [-0.1, -0.05) is 0 Å². The Kier molecular flexibility index (Phi) is 6.75. The zero-order valence-electron chi connectivity index (χ0n) is 14.9. The average Bonchev–Trinajstić information content (AvgIpc) is 3.02. The van der Waals surface area contributed by atoms with Crippen LogP contribution in [0.3, 0.4) is 0 Å². The molecule has 1 aliphatic rings. The number of anilines is 1. The molecule has 0 atom stereocenters. The highest BCUT2D eigenvalue weighted by Crippen LogP contribution is 2.29. The minimum absolute atomic E-state index is 0. The zero-order valence-corrected chi connectivity index (χ0v) is 16.6. The first-order valence-electron chi connectivity index (χ1n) is 8.20. The van der Waals surface area contributed by atoms with E-state index in [4.69, 9.17) is 0 Å². The van der Waals surface area contributed by atoms with Crippen LogP contribution in [0.25, 0.3) is 0 Å². The average molecular weight is 396 g/mol. The van der Waals surface area contributed by atoms with Gasteiger partial charge in [0.25, 0.3) is 5.91 Å². The normalized spacial score (nSPS) is 13.7. The highest BCUT2D eigenvalue weighted by Gasteiger charge is 2.23. The van der Waals surface area contributed by atoms with E-state index >= 15 is 0 Å². The number of carbonyl (C=O) groups excluding carboxylic acids is 2. The number of halogens is 1. The number of methoxy groups -OCH3 is 1. The maximum atomic E-state index is 12.4. The highest BCUT2D eigenvalue weighted by molar-refractivity contribution is 7.15. The third kappa shape index (κ3) is 4.41. The third-order valence-corrected chi connectivity index (χ3v) is 5.28. The van der Waals surface area contributed by atoms with E-state index in [0.29, 0.717) is 22.3 Å². The largest absolute Gasteiger partial charge is 0.465 e. The van der Waals surface area contributed by atoms with Gasteiger partial charge in [0.2, 0.25) is 0 Å². The van der Waals surface area contributed by atoms with E-state index in [1.165, 1.54) is 23.3 Å². The van der Waals surface area contributed by atoms with Crippen LogP contribution in [0, 0.1) is 0 Å². The van der Waals surface area contributed by atoms with Gasteiger partial charge in [-0.2, -0.15) is 0 Å². The van der Waals surface area contributed by atoms with Gasteiger partial charge < -0.3 is 4.74 Å². The van der Waals surface area contributed by atoms with E-state index in [9.17, 15) is 9.59 Å². The third-order valence-electron chi connectivity index (χ3n) is 4.28. The highest BCUT2D eigenvalue weighted by atomic mass is 35.5. The van der Waals surface area contributed by atoms with E-state index in [1.807, 2.05) is 0 Å². The number of fused-ring (bicyclic) bond motifs is 1. The number of benzene rings is 1. The smallest absolute Gasteiger partial charge is 0.337 e. The molecule has 1 amide bonds. The first-order valence-corrected chi connectivity index (χ1v) is 9.02. The molecule has 8 heteroatoms. The quantitative estimate of drug-likeness (QED) is 0.803. The molecule has 6 nitrogen and oxygen atoms in total. The Bertz CT molecular complexity index is 789. The molecule has 0 bridgehead atoms. The summed E-state index contributed by atoms with van der Waals surface area (Å²) < 4.78 is 4.65. The van der Waals surface area contributed by atoms with Crippen molar-refractivity contribution in [2.75, 3.05) is 19.0 Å². The molecule has 2 heterocycles. The fourth-order valence-electron chi connectivity index (χ4n) is 2.75. The Hall–Kier alpha value is -1.96.